The summed E-state index contributed by atoms with van der Waals surface area (Å²) < 4.78 is 0. The summed E-state index contributed by atoms with van der Waals surface area (Å²) >= 11 is 0. The van der Waals surface area contributed by atoms with E-state index in [4.69, 9.17) is 0 Å². The molecular weight excluding hydrogens is 296 g/mol. The van der Waals surface area contributed by atoms with Gasteiger partial charge in [0.05, 0.1) is 12.7 Å². The van der Waals surface area contributed by atoms with Gasteiger partial charge >= 0.3 is 0 Å². The van der Waals surface area contributed by atoms with Crippen molar-refractivity contribution >= 4 is 0 Å². The van der Waals surface area contributed by atoms with Crippen LogP contribution in [0.1, 0.15) is 65.7 Å². The van der Waals surface area contributed by atoms with E-state index in [1.54, 1.807) is 0 Å². The number of allylic oxidation sites excluding steroid dienone is 2. The van der Waals surface area contributed by atoms with Crippen molar-refractivity contribution in [3.8, 4) is 0 Å². The van der Waals surface area contributed by atoms with Gasteiger partial charge in [-0.05, 0) is 74.5 Å². The molecule has 0 radical (unpaired) electrons. The first kappa shape index (κ1) is 18.2. The SMILES string of the molecule is C=C(C)CC[C@@H]1[C@@H](C)CC[C@@H]2C[C@@H](O)[C@@]3(CO)CC(=C)C[C@H]3[C@]21C. The third-order valence-electron chi connectivity index (χ3n) is 8.20. The molecule has 7 atom stereocenters. The lowest BCUT2D eigenvalue weighted by Gasteiger charge is -2.62. The van der Waals surface area contributed by atoms with E-state index in [-0.39, 0.29) is 23.5 Å². The van der Waals surface area contributed by atoms with E-state index in [9.17, 15) is 10.2 Å². The lowest BCUT2D eigenvalue weighted by Crippen LogP contribution is -2.60. The molecule has 3 rings (SSSR count). The molecule has 0 aromatic heterocycles. The van der Waals surface area contributed by atoms with E-state index >= 15 is 0 Å². The third-order valence-corrected chi connectivity index (χ3v) is 8.20. The third kappa shape index (κ3) is 2.52. The van der Waals surface area contributed by atoms with Crippen LogP contribution in [-0.4, -0.2) is 22.9 Å². The molecule has 3 aliphatic carbocycles. The molecular formula is C22H36O2. The topological polar surface area (TPSA) is 40.5 Å². The summed E-state index contributed by atoms with van der Waals surface area (Å²) in [7, 11) is 0. The molecule has 2 heteroatoms. The Kier molecular flexibility index (Phi) is 4.77. The van der Waals surface area contributed by atoms with Crippen LogP contribution in [0.5, 0.6) is 0 Å². The number of fused-ring (bicyclic) bond motifs is 3. The molecule has 24 heavy (non-hydrogen) atoms. The summed E-state index contributed by atoms with van der Waals surface area (Å²) in [4.78, 5) is 0. The van der Waals surface area contributed by atoms with Gasteiger partial charge in [0, 0.05) is 5.41 Å². The van der Waals surface area contributed by atoms with Gasteiger partial charge in [-0.3, -0.25) is 0 Å². The fraction of sp³-hybridized carbons (Fsp3) is 0.818. The van der Waals surface area contributed by atoms with Crippen molar-refractivity contribution in [3.05, 3.63) is 24.3 Å². The lowest BCUT2D eigenvalue weighted by molar-refractivity contribution is -0.190. The zero-order valence-electron chi connectivity index (χ0n) is 15.9. The van der Waals surface area contributed by atoms with Gasteiger partial charge in [-0.2, -0.15) is 0 Å². The average molecular weight is 333 g/mol. The highest BCUT2D eigenvalue weighted by atomic mass is 16.3. The average Bonchev–Trinajstić information content (AvgIpc) is 2.88. The molecule has 0 aromatic rings. The molecule has 0 unspecified atom stereocenters. The van der Waals surface area contributed by atoms with Crippen LogP contribution in [0.4, 0.5) is 0 Å². The van der Waals surface area contributed by atoms with Gasteiger partial charge in [0.2, 0.25) is 0 Å². The van der Waals surface area contributed by atoms with Gasteiger partial charge in [-0.25, -0.2) is 0 Å². The van der Waals surface area contributed by atoms with Crippen molar-refractivity contribution in [1.29, 1.82) is 0 Å². The van der Waals surface area contributed by atoms with Crippen molar-refractivity contribution in [1.82, 2.24) is 0 Å². The predicted molar refractivity (Wildman–Crippen MR) is 99.5 cm³/mol. The number of aliphatic hydroxyl groups is 2. The number of rotatable bonds is 4. The summed E-state index contributed by atoms with van der Waals surface area (Å²) in [5.74, 6) is 2.32. The minimum atomic E-state index is -0.375. The summed E-state index contributed by atoms with van der Waals surface area (Å²) in [6.07, 6.45) is 7.07. The maximum Gasteiger partial charge on any atom is 0.0627 e. The number of hydrogen-bond acceptors (Lipinski definition) is 2. The molecule has 3 aliphatic rings. The largest absolute Gasteiger partial charge is 0.396 e. The van der Waals surface area contributed by atoms with E-state index in [2.05, 4.69) is 33.9 Å². The van der Waals surface area contributed by atoms with Crippen molar-refractivity contribution in [2.45, 2.75) is 71.8 Å². The van der Waals surface area contributed by atoms with Gasteiger partial charge in [0.25, 0.3) is 0 Å². The normalized spacial score (nSPS) is 48.0. The molecule has 0 amide bonds. The van der Waals surface area contributed by atoms with Crippen LogP contribution in [0.3, 0.4) is 0 Å². The second-order valence-corrected chi connectivity index (χ2v) is 9.55. The molecule has 0 aromatic carbocycles. The Morgan fingerprint density at radius 3 is 2.67 bits per heavy atom. The molecule has 0 saturated heterocycles. The summed E-state index contributed by atoms with van der Waals surface area (Å²) in [5.41, 5.74) is 2.36. The molecule has 0 heterocycles. The molecule has 0 bridgehead atoms. The van der Waals surface area contributed by atoms with Gasteiger partial charge < -0.3 is 10.2 Å². The second-order valence-electron chi connectivity index (χ2n) is 9.55. The molecule has 136 valence electrons. The van der Waals surface area contributed by atoms with E-state index in [1.807, 2.05) is 0 Å². The minimum absolute atomic E-state index is 0.0990. The standard InChI is InChI=1S/C22H36O2/c1-14(2)6-9-18-16(4)7-8-17-11-20(24)22(13-23)12-15(3)10-19(22)21(17,18)5/h16-20,23-24H,1,3,6-13H2,2,4-5H3/t16-,17+,18+,19-,20+,21+,22+/m0/s1. The van der Waals surface area contributed by atoms with Crippen molar-refractivity contribution in [2.24, 2.45) is 34.5 Å². The predicted octanol–water partition coefficient (Wildman–Crippen LogP) is 4.72. The van der Waals surface area contributed by atoms with Crippen LogP contribution >= 0.6 is 0 Å². The highest BCUT2D eigenvalue weighted by molar-refractivity contribution is 5.22. The van der Waals surface area contributed by atoms with Crippen LogP contribution in [0, 0.1) is 34.5 Å². The smallest absolute Gasteiger partial charge is 0.0627 e. The monoisotopic (exact) mass is 332 g/mol. The first-order valence-corrected chi connectivity index (χ1v) is 9.85. The Morgan fingerprint density at radius 2 is 2.04 bits per heavy atom. The van der Waals surface area contributed by atoms with Crippen LogP contribution in [0.2, 0.25) is 0 Å². The fourth-order valence-electron chi connectivity index (χ4n) is 6.92. The molecule has 0 aliphatic heterocycles. The Bertz CT molecular complexity index is 524. The van der Waals surface area contributed by atoms with E-state index in [0.29, 0.717) is 23.7 Å². The van der Waals surface area contributed by atoms with Gasteiger partial charge in [-0.15, -0.1) is 6.58 Å². The second kappa shape index (κ2) is 6.29. The Labute approximate surface area is 148 Å². The van der Waals surface area contributed by atoms with Gasteiger partial charge in [0.15, 0.2) is 0 Å². The number of hydrogen-bond donors (Lipinski definition) is 2. The Hall–Kier alpha value is -0.600. The van der Waals surface area contributed by atoms with Crippen molar-refractivity contribution in [2.75, 3.05) is 6.61 Å². The van der Waals surface area contributed by atoms with Crippen LogP contribution in [0.25, 0.3) is 0 Å². The molecule has 2 N–H and O–H groups in total. The lowest BCUT2D eigenvalue weighted by atomic mass is 9.43. The number of aliphatic hydroxyl groups excluding tert-OH is 2. The molecule has 3 fully saturated rings. The first-order chi connectivity index (χ1) is 11.3. The highest BCUT2D eigenvalue weighted by Gasteiger charge is 2.65. The van der Waals surface area contributed by atoms with Crippen LogP contribution < -0.4 is 0 Å². The Morgan fingerprint density at radius 1 is 1.33 bits per heavy atom. The first-order valence-electron chi connectivity index (χ1n) is 9.85. The molecule has 3 saturated carbocycles. The fourth-order valence-corrected chi connectivity index (χ4v) is 6.92. The van der Waals surface area contributed by atoms with E-state index in [1.165, 1.54) is 30.4 Å². The highest BCUT2D eigenvalue weighted by Crippen LogP contribution is 2.68. The van der Waals surface area contributed by atoms with Crippen LogP contribution in [-0.2, 0) is 0 Å². The summed E-state index contributed by atoms with van der Waals surface area (Å²) in [6.45, 7) is 15.5. The van der Waals surface area contributed by atoms with E-state index < -0.39 is 0 Å². The van der Waals surface area contributed by atoms with Crippen molar-refractivity contribution in [3.63, 3.8) is 0 Å². The quantitative estimate of drug-likeness (QED) is 0.731. The molecule has 2 nitrogen and oxygen atoms in total. The Balaban J connectivity index is 2.01. The van der Waals surface area contributed by atoms with E-state index in [0.717, 1.165) is 25.7 Å². The zero-order chi connectivity index (χ0) is 17.7. The maximum atomic E-state index is 11.0. The summed E-state index contributed by atoms with van der Waals surface area (Å²) in [5, 5.41) is 21.3. The van der Waals surface area contributed by atoms with Crippen molar-refractivity contribution < 1.29 is 10.2 Å². The minimum Gasteiger partial charge on any atom is -0.396 e. The zero-order valence-corrected chi connectivity index (χ0v) is 15.9. The summed E-state index contributed by atoms with van der Waals surface area (Å²) in [6, 6.07) is 0. The molecule has 0 spiro atoms. The van der Waals surface area contributed by atoms with Gasteiger partial charge in [0.1, 0.15) is 0 Å². The maximum absolute atomic E-state index is 11.0. The van der Waals surface area contributed by atoms with Crippen LogP contribution in [0.15, 0.2) is 24.3 Å². The van der Waals surface area contributed by atoms with Gasteiger partial charge in [-0.1, -0.05) is 38.0 Å².